The summed E-state index contributed by atoms with van der Waals surface area (Å²) in [5.41, 5.74) is 0. The van der Waals surface area contributed by atoms with Crippen LogP contribution in [0, 0.1) is 17.8 Å². The van der Waals surface area contributed by atoms with E-state index >= 15 is 0 Å². The number of hydrogen-bond acceptors (Lipinski definition) is 2. The van der Waals surface area contributed by atoms with E-state index in [0.717, 1.165) is 5.76 Å². The third-order valence-corrected chi connectivity index (χ3v) is 2.55. The highest BCUT2D eigenvalue weighted by molar-refractivity contribution is 5.95. The molecule has 2 heteroatoms. The number of carbonyl (C=O) groups excluding carboxylic acids is 1. The van der Waals surface area contributed by atoms with Crippen molar-refractivity contribution in [3.8, 4) is 0 Å². The van der Waals surface area contributed by atoms with E-state index in [1.807, 2.05) is 6.92 Å². The molecule has 0 radical (unpaired) electrons. The molecule has 2 nitrogen and oxygen atoms in total. The molecule has 68 valence electrons. The minimum atomic E-state index is 0.0972. The Labute approximate surface area is 73.6 Å². The number of ketones is 1. The number of ether oxygens (including phenoxy) is 1. The van der Waals surface area contributed by atoms with Gasteiger partial charge in [-0.1, -0.05) is 20.8 Å². The van der Waals surface area contributed by atoms with Crippen LogP contribution in [0.4, 0.5) is 0 Å². The van der Waals surface area contributed by atoms with Crippen molar-refractivity contribution in [2.24, 2.45) is 17.8 Å². The van der Waals surface area contributed by atoms with Crippen LogP contribution in [0.25, 0.3) is 0 Å². The van der Waals surface area contributed by atoms with Crippen molar-refractivity contribution < 1.29 is 9.53 Å². The summed E-state index contributed by atoms with van der Waals surface area (Å²) in [6.07, 6.45) is 1.63. The average molecular weight is 168 g/mol. The summed E-state index contributed by atoms with van der Waals surface area (Å²) < 4.78 is 5.17. The van der Waals surface area contributed by atoms with Gasteiger partial charge in [0.25, 0.3) is 0 Å². The smallest absolute Gasteiger partial charge is 0.162 e. The zero-order chi connectivity index (χ0) is 9.30. The average Bonchev–Trinajstić information content (AvgIpc) is 2.28. The standard InChI is InChI=1S/C10H16O2/c1-6(2)10-7(3)8(11)5-9(10)12-4/h5-7,10H,1-4H3/t7-,10-/m0/s1. The van der Waals surface area contributed by atoms with Crippen LogP contribution in [-0.2, 0) is 9.53 Å². The molecule has 0 aromatic carbocycles. The maximum Gasteiger partial charge on any atom is 0.162 e. The van der Waals surface area contributed by atoms with Crippen LogP contribution in [0.15, 0.2) is 11.8 Å². The summed E-state index contributed by atoms with van der Waals surface area (Å²) in [7, 11) is 1.63. The van der Waals surface area contributed by atoms with Gasteiger partial charge in [-0.2, -0.15) is 0 Å². The van der Waals surface area contributed by atoms with E-state index in [2.05, 4.69) is 13.8 Å². The Balaban J connectivity index is 2.85. The first-order valence-corrected chi connectivity index (χ1v) is 4.37. The zero-order valence-corrected chi connectivity index (χ0v) is 8.13. The molecule has 0 bridgehead atoms. The largest absolute Gasteiger partial charge is 0.501 e. The molecule has 0 fully saturated rings. The fourth-order valence-corrected chi connectivity index (χ4v) is 1.89. The molecule has 2 atom stereocenters. The first-order valence-electron chi connectivity index (χ1n) is 4.37. The normalized spacial score (nSPS) is 29.4. The van der Waals surface area contributed by atoms with Gasteiger partial charge in [0.1, 0.15) is 5.76 Å². The zero-order valence-electron chi connectivity index (χ0n) is 8.13. The van der Waals surface area contributed by atoms with Crippen molar-refractivity contribution in [1.29, 1.82) is 0 Å². The predicted octanol–water partition coefficient (Wildman–Crippen LogP) is 2.01. The van der Waals surface area contributed by atoms with Crippen LogP contribution >= 0.6 is 0 Å². The van der Waals surface area contributed by atoms with E-state index in [9.17, 15) is 4.79 Å². The van der Waals surface area contributed by atoms with Crippen molar-refractivity contribution in [3.63, 3.8) is 0 Å². The van der Waals surface area contributed by atoms with E-state index in [1.54, 1.807) is 13.2 Å². The van der Waals surface area contributed by atoms with Crippen molar-refractivity contribution in [2.45, 2.75) is 20.8 Å². The fourth-order valence-electron chi connectivity index (χ4n) is 1.89. The molecule has 1 aliphatic carbocycles. The van der Waals surface area contributed by atoms with Gasteiger partial charge in [0, 0.05) is 17.9 Å². The van der Waals surface area contributed by atoms with Gasteiger partial charge < -0.3 is 4.74 Å². The van der Waals surface area contributed by atoms with Crippen LogP contribution in [0.5, 0.6) is 0 Å². The molecule has 0 N–H and O–H groups in total. The van der Waals surface area contributed by atoms with Crippen LogP contribution in [0.2, 0.25) is 0 Å². The minimum Gasteiger partial charge on any atom is -0.501 e. The summed E-state index contributed by atoms with van der Waals surface area (Å²) in [6.45, 7) is 6.20. The highest BCUT2D eigenvalue weighted by atomic mass is 16.5. The Morgan fingerprint density at radius 1 is 1.50 bits per heavy atom. The van der Waals surface area contributed by atoms with Crippen molar-refractivity contribution in [1.82, 2.24) is 0 Å². The molecule has 0 saturated heterocycles. The van der Waals surface area contributed by atoms with Crippen LogP contribution in [0.1, 0.15) is 20.8 Å². The SMILES string of the molecule is COC1=CC(=O)[C@H](C)[C@@H]1C(C)C. The molecule has 0 aromatic heterocycles. The Morgan fingerprint density at radius 2 is 2.08 bits per heavy atom. The van der Waals surface area contributed by atoms with Crippen LogP contribution < -0.4 is 0 Å². The highest BCUT2D eigenvalue weighted by Gasteiger charge is 2.35. The molecule has 0 aliphatic heterocycles. The Bertz CT molecular complexity index is 216. The third-order valence-electron chi connectivity index (χ3n) is 2.55. The number of rotatable bonds is 2. The molecule has 12 heavy (non-hydrogen) atoms. The number of carbonyl (C=O) groups is 1. The first kappa shape index (κ1) is 9.30. The molecule has 0 heterocycles. The monoisotopic (exact) mass is 168 g/mol. The lowest BCUT2D eigenvalue weighted by atomic mass is 9.86. The summed E-state index contributed by atoms with van der Waals surface area (Å²) in [4.78, 5) is 11.3. The maximum absolute atomic E-state index is 11.3. The minimum absolute atomic E-state index is 0.0972. The van der Waals surface area contributed by atoms with Gasteiger partial charge in [0.15, 0.2) is 5.78 Å². The lowest BCUT2D eigenvalue weighted by Crippen LogP contribution is -2.19. The highest BCUT2D eigenvalue weighted by Crippen LogP contribution is 2.34. The van der Waals surface area contributed by atoms with Gasteiger partial charge in [0.05, 0.1) is 7.11 Å². The molecule has 1 rings (SSSR count). The third kappa shape index (κ3) is 1.38. The van der Waals surface area contributed by atoms with Gasteiger partial charge in [-0.25, -0.2) is 0 Å². The van der Waals surface area contributed by atoms with Gasteiger partial charge in [-0.15, -0.1) is 0 Å². The molecule has 0 amide bonds. The summed E-state index contributed by atoms with van der Waals surface area (Å²) in [5.74, 6) is 1.90. The number of allylic oxidation sites excluding steroid dienone is 2. The second-order valence-corrected chi connectivity index (χ2v) is 3.71. The topological polar surface area (TPSA) is 26.3 Å². The molecular formula is C10H16O2. The van der Waals surface area contributed by atoms with Gasteiger partial charge in [-0.05, 0) is 5.92 Å². The lowest BCUT2D eigenvalue weighted by molar-refractivity contribution is -0.118. The van der Waals surface area contributed by atoms with E-state index in [0.29, 0.717) is 5.92 Å². The predicted molar refractivity (Wildman–Crippen MR) is 47.6 cm³/mol. The fraction of sp³-hybridized carbons (Fsp3) is 0.700. The lowest BCUT2D eigenvalue weighted by Gasteiger charge is -2.21. The van der Waals surface area contributed by atoms with Crippen LogP contribution in [0.3, 0.4) is 0 Å². The van der Waals surface area contributed by atoms with Crippen molar-refractivity contribution in [3.05, 3.63) is 11.8 Å². The van der Waals surface area contributed by atoms with Crippen molar-refractivity contribution >= 4 is 5.78 Å². The Kier molecular flexibility index (Phi) is 2.55. The summed E-state index contributed by atoms with van der Waals surface area (Å²) >= 11 is 0. The molecule has 0 aromatic rings. The van der Waals surface area contributed by atoms with Gasteiger partial charge >= 0.3 is 0 Å². The molecule has 0 saturated carbocycles. The first-order chi connectivity index (χ1) is 5.57. The molecule has 0 spiro atoms. The molecule has 1 aliphatic rings. The van der Waals surface area contributed by atoms with E-state index in [1.165, 1.54) is 0 Å². The van der Waals surface area contributed by atoms with Gasteiger partial charge in [0.2, 0.25) is 0 Å². The van der Waals surface area contributed by atoms with Crippen molar-refractivity contribution in [2.75, 3.05) is 7.11 Å². The molecular weight excluding hydrogens is 152 g/mol. The second-order valence-electron chi connectivity index (χ2n) is 3.71. The Hall–Kier alpha value is -0.790. The number of hydrogen-bond donors (Lipinski definition) is 0. The summed E-state index contributed by atoms with van der Waals surface area (Å²) in [5, 5.41) is 0. The van der Waals surface area contributed by atoms with E-state index in [4.69, 9.17) is 4.74 Å². The summed E-state index contributed by atoms with van der Waals surface area (Å²) in [6, 6.07) is 0. The molecule has 0 unspecified atom stereocenters. The van der Waals surface area contributed by atoms with Crippen LogP contribution in [-0.4, -0.2) is 12.9 Å². The second kappa shape index (κ2) is 3.30. The van der Waals surface area contributed by atoms with E-state index in [-0.39, 0.29) is 17.6 Å². The van der Waals surface area contributed by atoms with E-state index < -0.39 is 0 Å². The maximum atomic E-state index is 11.3. The number of methoxy groups -OCH3 is 1. The Morgan fingerprint density at radius 3 is 2.42 bits per heavy atom. The quantitative estimate of drug-likeness (QED) is 0.630. The van der Waals surface area contributed by atoms with Gasteiger partial charge in [-0.3, -0.25) is 4.79 Å².